The Labute approximate surface area is 173 Å². The lowest BCUT2D eigenvalue weighted by molar-refractivity contribution is -0.116. The fourth-order valence-electron chi connectivity index (χ4n) is 3.00. The molecule has 0 unspecified atom stereocenters. The highest BCUT2D eigenvalue weighted by Crippen LogP contribution is 2.13. The minimum Gasteiger partial charge on any atom is -0.348 e. The molecule has 2 amide bonds. The highest BCUT2D eigenvalue weighted by Gasteiger charge is 2.08. The molecule has 8 heteroatoms. The standard InChI is InChI=1S/C22H20N6O2/c29-21(15-28-10-3-8-25-28)26-19-6-1-4-17(12-19)14-24-22(30)18-5-2-7-20(13-18)27-11-9-23-16-27/h1-13,16H,14-15H2,(H,24,30)(H,26,29). The second kappa shape index (κ2) is 8.87. The molecule has 30 heavy (non-hydrogen) atoms. The molecular weight excluding hydrogens is 380 g/mol. The number of amides is 2. The number of anilines is 1. The molecule has 2 aromatic carbocycles. The predicted octanol–water partition coefficient (Wildman–Crippen LogP) is 2.64. The maximum atomic E-state index is 12.6. The summed E-state index contributed by atoms with van der Waals surface area (Å²) in [4.78, 5) is 28.7. The maximum Gasteiger partial charge on any atom is 0.251 e. The summed E-state index contributed by atoms with van der Waals surface area (Å²) < 4.78 is 3.39. The van der Waals surface area contributed by atoms with E-state index in [1.807, 2.05) is 47.2 Å². The normalized spacial score (nSPS) is 10.5. The Hall–Kier alpha value is -4.20. The summed E-state index contributed by atoms with van der Waals surface area (Å²) in [6.45, 7) is 0.484. The van der Waals surface area contributed by atoms with Crippen LogP contribution in [0.4, 0.5) is 5.69 Å². The summed E-state index contributed by atoms with van der Waals surface area (Å²) in [7, 11) is 0. The van der Waals surface area contributed by atoms with Crippen LogP contribution in [0.3, 0.4) is 0 Å². The topological polar surface area (TPSA) is 93.8 Å². The Morgan fingerprint density at radius 1 is 0.967 bits per heavy atom. The van der Waals surface area contributed by atoms with E-state index in [0.717, 1.165) is 11.3 Å². The lowest BCUT2D eigenvalue weighted by Gasteiger charge is -2.10. The van der Waals surface area contributed by atoms with Gasteiger partial charge in [-0.3, -0.25) is 14.3 Å². The van der Waals surface area contributed by atoms with Crippen molar-refractivity contribution in [3.05, 3.63) is 96.8 Å². The van der Waals surface area contributed by atoms with E-state index in [1.165, 1.54) is 0 Å². The number of imidazole rings is 1. The third-order valence-corrected chi connectivity index (χ3v) is 4.44. The van der Waals surface area contributed by atoms with Crippen molar-refractivity contribution in [3.8, 4) is 5.69 Å². The van der Waals surface area contributed by atoms with Crippen LogP contribution >= 0.6 is 0 Å². The van der Waals surface area contributed by atoms with Crippen molar-refractivity contribution in [2.75, 3.05) is 5.32 Å². The zero-order valence-electron chi connectivity index (χ0n) is 16.1. The zero-order chi connectivity index (χ0) is 20.8. The average molecular weight is 400 g/mol. The lowest BCUT2D eigenvalue weighted by Crippen LogP contribution is -2.23. The molecule has 0 atom stereocenters. The summed E-state index contributed by atoms with van der Waals surface area (Å²) in [6, 6.07) is 16.5. The number of aromatic nitrogens is 4. The van der Waals surface area contributed by atoms with E-state index in [0.29, 0.717) is 17.8 Å². The summed E-state index contributed by atoms with van der Waals surface area (Å²) in [5, 5.41) is 9.77. The van der Waals surface area contributed by atoms with Crippen LogP contribution in [0, 0.1) is 0 Å². The van der Waals surface area contributed by atoms with Crippen LogP contribution in [0.1, 0.15) is 15.9 Å². The zero-order valence-corrected chi connectivity index (χ0v) is 16.1. The van der Waals surface area contributed by atoms with Gasteiger partial charge >= 0.3 is 0 Å². The number of nitrogens with zero attached hydrogens (tertiary/aromatic N) is 4. The van der Waals surface area contributed by atoms with Gasteiger partial charge in [-0.25, -0.2) is 4.98 Å². The molecule has 150 valence electrons. The number of rotatable bonds is 7. The van der Waals surface area contributed by atoms with E-state index in [4.69, 9.17) is 0 Å². The molecule has 0 aliphatic heterocycles. The molecule has 0 bridgehead atoms. The van der Waals surface area contributed by atoms with E-state index in [9.17, 15) is 9.59 Å². The van der Waals surface area contributed by atoms with Crippen LogP contribution in [-0.4, -0.2) is 31.1 Å². The van der Waals surface area contributed by atoms with Crippen LogP contribution in [0.15, 0.2) is 85.7 Å². The number of benzene rings is 2. The summed E-state index contributed by atoms with van der Waals surface area (Å²) in [6.07, 6.45) is 8.55. The summed E-state index contributed by atoms with van der Waals surface area (Å²) in [5.41, 5.74) is 2.97. The van der Waals surface area contributed by atoms with Gasteiger partial charge in [0, 0.05) is 48.3 Å². The molecule has 4 aromatic rings. The molecule has 0 aliphatic carbocycles. The van der Waals surface area contributed by atoms with Crippen LogP contribution in [0.2, 0.25) is 0 Å². The second-order valence-corrected chi connectivity index (χ2v) is 6.66. The highest BCUT2D eigenvalue weighted by atomic mass is 16.2. The van der Waals surface area contributed by atoms with Gasteiger partial charge in [0.05, 0.1) is 6.33 Å². The molecule has 0 saturated carbocycles. The summed E-state index contributed by atoms with van der Waals surface area (Å²) >= 11 is 0. The number of hydrogen-bond acceptors (Lipinski definition) is 4. The molecule has 2 aromatic heterocycles. The van der Waals surface area contributed by atoms with Gasteiger partial charge in [-0.2, -0.15) is 5.10 Å². The van der Waals surface area contributed by atoms with Gasteiger partial charge < -0.3 is 15.2 Å². The number of carbonyl (C=O) groups is 2. The van der Waals surface area contributed by atoms with Crippen LogP contribution in [0.25, 0.3) is 5.69 Å². The van der Waals surface area contributed by atoms with Gasteiger partial charge in [-0.1, -0.05) is 18.2 Å². The van der Waals surface area contributed by atoms with Gasteiger partial charge in [-0.15, -0.1) is 0 Å². The second-order valence-electron chi connectivity index (χ2n) is 6.66. The fraction of sp³-hybridized carbons (Fsp3) is 0.0909. The number of nitrogens with one attached hydrogen (secondary N) is 2. The molecule has 4 rings (SSSR count). The SMILES string of the molecule is O=C(Cn1cccn1)Nc1cccc(CNC(=O)c2cccc(-n3ccnc3)c2)c1. The van der Waals surface area contributed by atoms with E-state index in [-0.39, 0.29) is 18.4 Å². The number of hydrogen-bond donors (Lipinski definition) is 2. The van der Waals surface area contributed by atoms with Crippen molar-refractivity contribution in [1.82, 2.24) is 24.6 Å². The largest absolute Gasteiger partial charge is 0.348 e. The van der Waals surface area contributed by atoms with Crippen LogP contribution < -0.4 is 10.6 Å². The maximum absolute atomic E-state index is 12.6. The first-order chi connectivity index (χ1) is 14.7. The monoisotopic (exact) mass is 400 g/mol. The lowest BCUT2D eigenvalue weighted by atomic mass is 10.1. The van der Waals surface area contributed by atoms with Crippen molar-refractivity contribution < 1.29 is 9.59 Å². The van der Waals surface area contributed by atoms with Crippen molar-refractivity contribution in [3.63, 3.8) is 0 Å². The molecule has 2 N–H and O–H groups in total. The van der Waals surface area contributed by atoms with Gasteiger partial charge in [-0.05, 0) is 42.0 Å². The molecular formula is C22H20N6O2. The Kier molecular flexibility index (Phi) is 5.66. The van der Waals surface area contributed by atoms with Crippen molar-refractivity contribution >= 4 is 17.5 Å². The molecule has 8 nitrogen and oxygen atoms in total. The Balaban J connectivity index is 1.36. The van der Waals surface area contributed by atoms with Crippen molar-refractivity contribution in [2.45, 2.75) is 13.1 Å². The van der Waals surface area contributed by atoms with Crippen LogP contribution in [-0.2, 0) is 17.9 Å². The number of carbonyl (C=O) groups excluding carboxylic acids is 2. The Morgan fingerprint density at radius 2 is 1.87 bits per heavy atom. The third-order valence-electron chi connectivity index (χ3n) is 4.44. The first kappa shape index (κ1) is 19.1. The molecule has 2 heterocycles. The average Bonchev–Trinajstić information content (AvgIpc) is 3.47. The molecule has 0 spiro atoms. The minimum atomic E-state index is -0.176. The molecule has 0 saturated heterocycles. The minimum absolute atomic E-state index is 0.140. The van der Waals surface area contributed by atoms with E-state index >= 15 is 0 Å². The van der Waals surface area contributed by atoms with Crippen LogP contribution in [0.5, 0.6) is 0 Å². The van der Waals surface area contributed by atoms with Gasteiger partial charge in [0.25, 0.3) is 5.91 Å². The smallest absolute Gasteiger partial charge is 0.251 e. The van der Waals surface area contributed by atoms with E-state index in [1.54, 1.807) is 47.8 Å². The third kappa shape index (κ3) is 4.79. The Bertz CT molecular complexity index is 1140. The van der Waals surface area contributed by atoms with E-state index in [2.05, 4.69) is 20.7 Å². The fourth-order valence-corrected chi connectivity index (χ4v) is 3.00. The molecule has 0 aliphatic rings. The van der Waals surface area contributed by atoms with Gasteiger partial charge in [0.15, 0.2) is 0 Å². The van der Waals surface area contributed by atoms with Gasteiger partial charge in [0.1, 0.15) is 6.54 Å². The highest BCUT2D eigenvalue weighted by molar-refractivity contribution is 5.94. The van der Waals surface area contributed by atoms with Crippen molar-refractivity contribution in [2.24, 2.45) is 0 Å². The molecule has 0 radical (unpaired) electrons. The Morgan fingerprint density at radius 3 is 2.67 bits per heavy atom. The molecule has 0 fully saturated rings. The summed E-state index contributed by atoms with van der Waals surface area (Å²) in [5.74, 6) is -0.346. The van der Waals surface area contributed by atoms with E-state index < -0.39 is 0 Å². The van der Waals surface area contributed by atoms with Crippen molar-refractivity contribution in [1.29, 1.82) is 0 Å². The quantitative estimate of drug-likeness (QED) is 0.499. The predicted molar refractivity (Wildman–Crippen MR) is 112 cm³/mol. The first-order valence-corrected chi connectivity index (χ1v) is 9.40. The van der Waals surface area contributed by atoms with Gasteiger partial charge in [0.2, 0.25) is 5.91 Å². The first-order valence-electron chi connectivity index (χ1n) is 9.40.